The number of aromatic nitrogens is 1. The van der Waals surface area contributed by atoms with Gasteiger partial charge < -0.3 is 10.1 Å². The van der Waals surface area contributed by atoms with Crippen molar-refractivity contribution >= 4 is 21.6 Å². The summed E-state index contributed by atoms with van der Waals surface area (Å²) in [7, 11) is 0. The maximum atomic E-state index is 5.94. The summed E-state index contributed by atoms with van der Waals surface area (Å²) in [5, 5.41) is 4.44. The molecule has 1 fully saturated rings. The summed E-state index contributed by atoms with van der Waals surface area (Å²) in [5.41, 5.74) is 2.38. The molecule has 3 rings (SSSR count). The van der Waals surface area contributed by atoms with Crippen molar-refractivity contribution in [1.82, 2.24) is 10.3 Å². The second-order valence-corrected chi connectivity index (χ2v) is 5.95. The first-order chi connectivity index (χ1) is 8.81. The van der Waals surface area contributed by atoms with Crippen LogP contribution in [0, 0.1) is 6.92 Å². The Balaban J connectivity index is 1.67. The largest absolute Gasteiger partial charge is 0.371 e. The van der Waals surface area contributed by atoms with Crippen LogP contribution in [0.5, 0.6) is 0 Å². The summed E-state index contributed by atoms with van der Waals surface area (Å²) in [6.45, 7) is 4.92. The monoisotopic (exact) mass is 262 g/mol. The third kappa shape index (κ3) is 2.71. The van der Waals surface area contributed by atoms with Crippen LogP contribution in [0.15, 0.2) is 18.2 Å². The zero-order valence-corrected chi connectivity index (χ0v) is 11.4. The predicted octanol–water partition coefficient (Wildman–Crippen LogP) is 2.87. The highest BCUT2D eigenvalue weighted by atomic mass is 32.1. The van der Waals surface area contributed by atoms with Crippen LogP contribution in [0.3, 0.4) is 0 Å². The predicted molar refractivity (Wildman–Crippen MR) is 75.0 cm³/mol. The molecule has 0 saturated carbocycles. The Bertz CT molecular complexity index is 532. The first-order valence-corrected chi connectivity index (χ1v) is 7.31. The molecule has 0 amide bonds. The van der Waals surface area contributed by atoms with Crippen LogP contribution in [0.25, 0.3) is 10.2 Å². The third-order valence-electron chi connectivity index (χ3n) is 3.32. The van der Waals surface area contributed by atoms with Gasteiger partial charge >= 0.3 is 0 Å². The fourth-order valence-corrected chi connectivity index (χ4v) is 3.28. The van der Waals surface area contributed by atoms with Crippen molar-refractivity contribution in [3.63, 3.8) is 0 Å². The lowest BCUT2D eigenvalue weighted by Gasteiger charge is -2.22. The highest BCUT2D eigenvalue weighted by molar-refractivity contribution is 7.18. The van der Waals surface area contributed by atoms with E-state index < -0.39 is 0 Å². The molecule has 1 saturated heterocycles. The van der Waals surface area contributed by atoms with Gasteiger partial charge in [0.15, 0.2) is 0 Å². The zero-order chi connectivity index (χ0) is 12.4. The molecule has 18 heavy (non-hydrogen) atoms. The van der Waals surface area contributed by atoms with Crippen molar-refractivity contribution in [3.05, 3.63) is 28.8 Å². The molecule has 0 unspecified atom stereocenters. The van der Waals surface area contributed by atoms with E-state index in [1.165, 1.54) is 10.3 Å². The first kappa shape index (κ1) is 12.1. The summed E-state index contributed by atoms with van der Waals surface area (Å²) < 4.78 is 7.20. The van der Waals surface area contributed by atoms with Crippen molar-refractivity contribution in [3.8, 4) is 0 Å². The minimum atomic E-state index is 0.403. The lowest BCUT2D eigenvalue weighted by atomic mass is 10.1. The van der Waals surface area contributed by atoms with Crippen LogP contribution >= 0.6 is 11.3 Å². The van der Waals surface area contributed by atoms with E-state index in [1.54, 1.807) is 11.3 Å². The second-order valence-electron chi connectivity index (χ2n) is 4.84. The fraction of sp³-hybridized carbons (Fsp3) is 0.500. The normalized spacial score (nSPS) is 17.4. The highest BCUT2D eigenvalue weighted by Crippen LogP contribution is 2.24. The van der Waals surface area contributed by atoms with Crippen molar-refractivity contribution in [1.29, 1.82) is 0 Å². The summed E-state index contributed by atoms with van der Waals surface area (Å²) in [6.07, 6.45) is 2.63. The molecule has 2 aromatic rings. The number of thiazole rings is 1. The summed E-state index contributed by atoms with van der Waals surface area (Å²) >= 11 is 1.75. The van der Waals surface area contributed by atoms with Crippen molar-refractivity contribution in [2.24, 2.45) is 0 Å². The first-order valence-electron chi connectivity index (χ1n) is 6.50. The van der Waals surface area contributed by atoms with Gasteiger partial charge in [0.1, 0.15) is 5.01 Å². The van der Waals surface area contributed by atoms with E-state index >= 15 is 0 Å². The van der Waals surface area contributed by atoms with Gasteiger partial charge in [0.2, 0.25) is 0 Å². The lowest BCUT2D eigenvalue weighted by Crippen LogP contribution is -2.32. The summed E-state index contributed by atoms with van der Waals surface area (Å²) in [5.74, 6) is 0. The van der Waals surface area contributed by atoms with Gasteiger partial charge in [-0.3, -0.25) is 0 Å². The Kier molecular flexibility index (Phi) is 3.59. The van der Waals surface area contributed by atoms with E-state index in [-0.39, 0.29) is 0 Å². The molecule has 1 aromatic carbocycles. The van der Waals surface area contributed by atoms with Gasteiger partial charge in [0.05, 0.1) is 22.9 Å². The van der Waals surface area contributed by atoms with Gasteiger partial charge in [-0.05, 0) is 50.6 Å². The minimum absolute atomic E-state index is 0.403. The van der Waals surface area contributed by atoms with Gasteiger partial charge in [-0.25, -0.2) is 4.98 Å². The maximum absolute atomic E-state index is 5.94. The molecule has 4 heteroatoms. The average Bonchev–Trinajstić information content (AvgIpc) is 2.79. The van der Waals surface area contributed by atoms with E-state index in [0.29, 0.717) is 12.7 Å². The van der Waals surface area contributed by atoms with Crippen molar-refractivity contribution in [2.45, 2.75) is 32.5 Å². The molecule has 0 bridgehead atoms. The Morgan fingerprint density at radius 2 is 2.22 bits per heavy atom. The molecule has 1 aliphatic rings. The minimum Gasteiger partial charge on any atom is -0.371 e. The molecule has 0 radical (unpaired) electrons. The number of rotatable bonds is 3. The van der Waals surface area contributed by atoms with Gasteiger partial charge in [-0.1, -0.05) is 6.07 Å². The number of ether oxygens (including phenoxy) is 1. The third-order valence-corrected chi connectivity index (χ3v) is 4.31. The number of nitrogens with one attached hydrogen (secondary N) is 1. The van der Waals surface area contributed by atoms with Crippen LogP contribution < -0.4 is 5.32 Å². The topological polar surface area (TPSA) is 34.1 Å². The molecule has 0 atom stereocenters. The Morgan fingerprint density at radius 3 is 3.06 bits per heavy atom. The number of nitrogens with zero attached hydrogens (tertiary/aromatic N) is 1. The highest BCUT2D eigenvalue weighted by Gasteiger charge is 2.14. The molecule has 1 N–H and O–H groups in total. The molecule has 2 heterocycles. The van der Waals surface area contributed by atoms with E-state index in [0.717, 1.165) is 36.5 Å². The number of benzene rings is 1. The number of fused-ring (bicyclic) bond motifs is 1. The Labute approximate surface area is 111 Å². The molecule has 1 aromatic heterocycles. The lowest BCUT2D eigenvalue weighted by molar-refractivity contribution is 0.0212. The number of aryl methyl sites for hydroxylation is 1. The summed E-state index contributed by atoms with van der Waals surface area (Å²) in [4.78, 5) is 4.62. The Hall–Kier alpha value is -0.970. The van der Waals surface area contributed by atoms with E-state index in [2.05, 4.69) is 35.4 Å². The van der Waals surface area contributed by atoms with Crippen LogP contribution in [0.1, 0.15) is 23.4 Å². The average molecular weight is 262 g/mol. The van der Waals surface area contributed by atoms with Crippen LogP contribution in [-0.4, -0.2) is 24.2 Å². The second kappa shape index (κ2) is 5.34. The molecule has 0 spiro atoms. The maximum Gasteiger partial charge on any atom is 0.120 e. The molecular formula is C14H18N2OS. The van der Waals surface area contributed by atoms with Gasteiger partial charge in [-0.2, -0.15) is 0 Å². The number of hydrogen-bond donors (Lipinski definition) is 1. The van der Waals surface area contributed by atoms with E-state index in [1.807, 2.05) is 0 Å². The Morgan fingerprint density at radius 1 is 1.39 bits per heavy atom. The van der Waals surface area contributed by atoms with Crippen molar-refractivity contribution in [2.75, 3.05) is 13.1 Å². The SMILES string of the molecule is Cc1ccc2nc(COC3CCNCC3)sc2c1. The molecule has 1 aliphatic heterocycles. The molecule has 3 nitrogen and oxygen atoms in total. The van der Waals surface area contributed by atoms with Crippen LogP contribution in [-0.2, 0) is 11.3 Å². The van der Waals surface area contributed by atoms with Gasteiger partial charge in [0, 0.05) is 0 Å². The molecule has 96 valence electrons. The van der Waals surface area contributed by atoms with Gasteiger partial charge in [0.25, 0.3) is 0 Å². The molecular weight excluding hydrogens is 244 g/mol. The molecule has 0 aliphatic carbocycles. The number of hydrogen-bond acceptors (Lipinski definition) is 4. The summed E-state index contributed by atoms with van der Waals surface area (Å²) in [6, 6.07) is 6.40. The van der Waals surface area contributed by atoms with E-state index in [4.69, 9.17) is 4.74 Å². The van der Waals surface area contributed by atoms with Crippen LogP contribution in [0.4, 0.5) is 0 Å². The standard InChI is InChI=1S/C14H18N2OS/c1-10-2-3-12-13(8-10)18-14(16-12)9-17-11-4-6-15-7-5-11/h2-3,8,11,15H,4-7,9H2,1H3. The van der Waals surface area contributed by atoms with E-state index in [9.17, 15) is 0 Å². The fourth-order valence-electron chi connectivity index (χ4n) is 2.29. The van der Waals surface area contributed by atoms with Gasteiger partial charge in [-0.15, -0.1) is 11.3 Å². The quantitative estimate of drug-likeness (QED) is 0.923. The van der Waals surface area contributed by atoms with Crippen LogP contribution in [0.2, 0.25) is 0 Å². The number of piperidine rings is 1. The zero-order valence-electron chi connectivity index (χ0n) is 10.6. The smallest absolute Gasteiger partial charge is 0.120 e. The van der Waals surface area contributed by atoms with Crippen molar-refractivity contribution < 1.29 is 4.74 Å².